The predicted octanol–water partition coefficient (Wildman–Crippen LogP) is 1.72. The van der Waals surface area contributed by atoms with Gasteiger partial charge in [-0.05, 0) is 30.2 Å². The Kier molecular flexibility index (Phi) is 3.47. The first-order valence-electron chi connectivity index (χ1n) is 5.73. The highest BCUT2D eigenvalue weighted by molar-refractivity contribution is 5.57. The second-order valence-corrected chi connectivity index (χ2v) is 4.15. The van der Waals surface area contributed by atoms with E-state index in [-0.39, 0.29) is 0 Å². The van der Waals surface area contributed by atoms with Gasteiger partial charge in [-0.1, -0.05) is 12.2 Å². The summed E-state index contributed by atoms with van der Waals surface area (Å²) in [7, 11) is 1.95. The molecular formula is C13H19N3. The largest absolute Gasteiger partial charge is 0.399 e. The number of nitrogens with one attached hydrogen (secondary N) is 1. The van der Waals surface area contributed by atoms with Gasteiger partial charge in [0.05, 0.1) is 0 Å². The molecule has 3 heteroatoms. The molecule has 0 aromatic heterocycles. The van der Waals surface area contributed by atoms with Crippen molar-refractivity contribution in [1.82, 2.24) is 4.90 Å². The minimum Gasteiger partial charge on any atom is -0.399 e. The zero-order valence-electron chi connectivity index (χ0n) is 9.74. The molecule has 1 aromatic rings. The van der Waals surface area contributed by atoms with Crippen molar-refractivity contribution in [2.24, 2.45) is 0 Å². The highest BCUT2D eigenvalue weighted by Gasteiger charge is 2.08. The zero-order chi connectivity index (χ0) is 11.4. The number of benzene rings is 1. The number of hydrogen-bond acceptors (Lipinski definition) is 3. The monoisotopic (exact) mass is 217 g/mol. The number of nitrogen functional groups attached to an aromatic ring is 1. The molecule has 0 aliphatic carbocycles. The molecule has 1 aliphatic heterocycles. The van der Waals surface area contributed by atoms with E-state index in [9.17, 15) is 0 Å². The normalized spacial score (nSPS) is 15.6. The summed E-state index contributed by atoms with van der Waals surface area (Å²) in [5.74, 6) is 0. The van der Waals surface area contributed by atoms with Crippen molar-refractivity contribution < 1.29 is 0 Å². The molecule has 0 amide bonds. The summed E-state index contributed by atoms with van der Waals surface area (Å²) in [4.78, 5) is 2.42. The highest BCUT2D eigenvalue weighted by Crippen LogP contribution is 2.19. The van der Waals surface area contributed by atoms with Crippen LogP contribution in [0.15, 0.2) is 30.4 Å². The summed E-state index contributed by atoms with van der Waals surface area (Å²) in [6.07, 6.45) is 5.49. The summed E-state index contributed by atoms with van der Waals surface area (Å²) in [5, 5.41) is 3.21. The minimum atomic E-state index is 0.841. The van der Waals surface area contributed by atoms with Crippen LogP contribution < -0.4 is 11.1 Å². The van der Waals surface area contributed by atoms with Crippen molar-refractivity contribution >= 4 is 11.4 Å². The van der Waals surface area contributed by atoms with E-state index >= 15 is 0 Å². The number of anilines is 2. The smallest absolute Gasteiger partial charge is 0.0372 e. The van der Waals surface area contributed by atoms with Crippen LogP contribution in [-0.4, -0.2) is 31.6 Å². The number of nitrogens with two attached hydrogens (primary N) is 1. The highest BCUT2D eigenvalue weighted by atomic mass is 15.1. The molecule has 0 saturated heterocycles. The van der Waals surface area contributed by atoms with Gasteiger partial charge < -0.3 is 11.1 Å². The first kappa shape index (κ1) is 11.0. The van der Waals surface area contributed by atoms with Gasteiger partial charge in [0.15, 0.2) is 0 Å². The molecule has 0 saturated carbocycles. The first-order valence-corrected chi connectivity index (χ1v) is 5.73. The fourth-order valence-electron chi connectivity index (χ4n) is 2.05. The first-order chi connectivity index (χ1) is 7.79. The van der Waals surface area contributed by atoms with Crippen molar-refractivity contribution in [3.63, 3.8) is 0 Å². The summed E-state index contributed by atoms with van der Waals surface area (Å²) in [6, 6.07) is 6.05. The van der Waals surface area contributed by atoms with E-state index in [1.807, 2.05) is 19.2 Å². The Morgan fingerprint density at radius 2 is 2.06 bits per heavy atom. The molecule has 0 radical (unpaired) electrons. The molecule has 1 aliphatic rings. The third-order valence-electron chi connectivity index (χ3n) is 2.99. The van der Waals surface area contributed by atoms with Crippen molar-refractivity contribution in [3.05, 3.63) is 35.9 Å². The third-order valence-corrected chi connectivity index (χ3v) is 2.99. The van der Waals surface area contributed by atoms with E-state index in [0.29, 0.717) is 0 Å². The molecule has 16 heavy (non-hydrogen) atoms. The summed E-state index contributed by atoms with van der Waals surface area (Å²) >= 11 is 0. The van der Waals surface area contributed by atoms with Gasteiger partial charge in [-0.15, -0.1) is 0 Å². The molecule has 1 aromatic carbocycles. The predicted molar refractivity (Wildman–Crippen MR) is 69.7 cm³/mol. The average Bonchev–Trinajstić information content (AvgIpc) is 2.79. The molecular weight excluding hydrogens is 198 g/mol. The lowest BCUT2D eigenvalue weighted by Crippen LogP contribution is -2.22. The Morgan fingerprint density at radius 1 is 1.31 bits per heavy atom. The van der Waals surface area contributed by atoms with Crippen LogP contribution in [-0.2, 0) is 6.42 Å². The van der Waals surface area contributed by atoms with Gasteiger partial charge in [0, 0.05) is 38.1 Å². The lowest BCUT2D eigenvalue weighted by atomic mass is 10.1. The van der Waals surface area contributed by atoms with Crippen LogP contribution in [0.2, 0.25) is 0 Å². The Balaban J connectivity index is 1.99. The van der Waals surface area contributed by atoms with E-state index in [2.05, 4.69) is 28.4 Å². The van der Waals surface area contributed by atoms with Gasteiger partial charge in [-0.25, -0.2) is 0 Å². The molecule has 3 N–H and O–H groups in total. The molecule has 1 heterocycles. The Bertz CT molecular complexity index is 377. The molecule has 2 rings (SSSR count). The van der Waals surface area contributed by atoms with E-state index in [0.717, 1.165) is 31.7 Å². The average molecular weight is 217 g/mol. The molecule has 0 unspecified atom stereocenters. The van der Waals surface area contributed by atoms with Crippen LogP contribution in [0.25, 0.3) is 0 Å². The quantitative estimate of drug-likeness (QED) is 0.596. The molecule has 0 atom stereocenters. The van der Waals surface area contributed by atoms with Crippen LogP contribution in [0, 0.1) is 0 Å². The lowest BCUT2D eigenvalue weighted by Gasteiger charge is -2.16. The van der Waals surface area contributed by atoms with Gasteiger partial charge in [0.2, 0.25) is 0 Å². The van der Waals surface area contributed by atoms with Crippen molar-refractivity contribution in [3.8, 4) is 0 Å². The van der Waals surface area contributed by atoms with Crippen molar-refractivity contribution in [2.45, 2.75) is 6.42 Å². The Hall–Kier alpha value is -1.48. The van der Waals surface area contributed by atoms with Gasteiger partial charge in [-0.2, -0.15) is 0 Å². The second kappa shape index (κ2) is 5.03. The summed E-state index contributed by atoms with van der Waals surface area (Å²) < 4.78 is 0. The molecule has 0 bridgehead atoms. The van der Waals surface area contributed by atoms with E-state index < -0.39 is 0 Å². The number of hydrogen-bond donors (Lipinski definition) is 2. The maximum absolute atomic E-state index is 5.81. The fourth-order valence-corrected chi connectivity index (χ4v) is 2.05. The SMILES string of the molecule is CNc1ccc(N)cc1CCN1CC=CC1. The minimum absolute atomic E-state index is 0.841. The van der Waals surface area contributed by atoms with E-state index in [1.165, 1.54) is 11.3 Å². The van der Waals surface area contributed by atoms with Crippen LogP contribution in [0.5, 0.6) is 0 Å². The summed E-state index contributed by atoms with van der Waals surface area (Å²) in [5.41, 5.74) is 9.14. The van der Waals surface area contributed by atoms with Crippen LogP contribution in [0.1, 0.15) is 5.56 Å². The molecule has 0 fully saturated rings. The topological polar surface area (TPSA) is 41.3 Å². The number of nitrogens with zero attached hydrogens (tertiary/aromatic N) is 1. The van der Waals surface area contributed by atoms with Gasteiger partial charge in [-0.3, -0.25) is 4.90 Å². The van der Waals surface area contributed by atoms with Crippen LogP contribution in [0.4, 0.5) is 11.4 Å². The Labute approximate surface area is 96.9 Å². The van der Waals surface area contributed by atoms with Crippen molar-refractivity contribution in [1.29, 1.82) is 0 Å². The standard InChI is InChI=1S/C13H19N3/c1-15-13-5-4-12(14)10-11(13)6-9-16-7-2-3-8-16/h2-5,10,15H,6-9,14H2,1H3. The molecule has 0 spiro atoms. The fraction of sp³-hybridized carbons (Fsp3) is 0.385. The second-order valence-electron chi connectivity index (χ2n) is 4.15. The third kappa shape index (κ3) is 2.55. The molecule has 3 nitrogen and oxygen atoms in total. The van der Waals surface area contributed by atoms with Crippen molar-refractivity contribution in [2.75, 3.05) is 37.7 Å². The number of rotatable bonds is 4. The van der Waals surface area contributed by atoms with Gasteiger partial charge >= 0.3 is 0 Å². The van der Waals surface area contributed by atoms with E-state index in [4.69, 9.17) is 5.73 Å². The van der Waals surface area contributed by atoms with E-state index in [1.54, 1.807) is 0 Å². The van der Waals surface area contributed by atoms with Gasteiger partial charge in [0.25, 0.3) is 0 Å². The molecule has 86 valence electrons. The van der Waals surface area contributed by atoms with Crippen LogP contribution >= 0.6 is 0 Å². The summed E-state index contributed by atoms with van der Waals surface area (Å²) in [6.45, 7) is 3.25. The lowest BCUT2D eigenvalue weighted by molar-refractivity contribution is 0.357. The zero-order valence-corrected chi connectivity index (χ0v) is 9.74. The van der Waals surface area contributed by atoms with Crippen LogP contribution in [0.3, 0.4) is 0 Å². The maximum Gasteiger partial charge on any atom is 0.0372 e. The Morgan fingerprint density at radius 3 is 2.75 bits per heavy atom. The maximum atomic E-state index is 5.81. The van der Waals surface area contributed by atoms with Gasteiger partial charge in [0.1, 0.15) is 0 Å².